The Bertz CT molecular complexity index is 734. The summed E-state index contributed by atoms with van der Waals surface area (Å²) in [5.41, 5.74) is 1.71. The Kier molecular flexibility index (Phi) is 7.29. The topological polar surface area (TPSA) is 60.0 Å². The predicted molar refractivity (Wildman–Crippen MR) is 102 cm³/mol. The van der Waals surface area contributed by atoms with Gasteiger partial charge >= 0.3 is 0 Å². The van der Waals surface area contributed by atoms with Gasteiger partial charge in [0.15, 0.2) is 11.5 Å². The Morgan fingerprint density at radius 1 is 1.04 bits per heavy atom. The van der Waals surface area contributed by atoms with E-state index in [4.69, 9.17) is 14.2 Å². The summed E-state index contributed by atoms with van der Waals surface area (Å²) >= 11 is 0. The summed E-state index contributed by atoms with van der Waals surface area (Å²) in [5, 5.41) is 2.90. The van der Waals surface area contributed by atoms with Gasteiger partial charge in [0, 0.05) is 6.54 Å². The molecular weight excluding hydrogens is 332 g/mol. The molecule has 6 nitrogen and oxygen atoms in total. The third kappa shape index (κ3) is 5.39. The molecule has 0 spiro atoms. The lowest BCUT2D eigenvalue weighted by molar-refractivity contribution is -0.117. The number of likely N-dealkylation sites (N-methyl/N-ethyl adjacent to an activating group) is 1. The van der Waals surface area contributed by atoms with Crippen LogP contribution in [0.5, 0.6) is 17.2 Å². The number of nitrogens with zero attached hydrogens (tertiary/aromatic N) is 1. The molecule has 1 N–H and O–H groups in total. The molecule has 26 heavy (non-hydrogen) atoms. The summed E-state index contributed by atoms with van der Waals surface area (Å²) in [6, 6.07) is 13.1. The average molecular weight is 358 g/mol. The third-order valence-corrected chi connectivity index (χ3v) is 3.77. The lowest BCUT2D eigenvalue weighted by Crippen LogP contribution is -2.30. The van der Waals surface area contributed by atoms with Crippen molar-refractivity contribution in [3.05, 3.63) is 48.0 Å². The van der Waals surface area contributed by atoms with Crippen LogP contribution in [0, 0.1) is 0 Å². The van der Waals surface area contributed by atoms with Crippen LogP contribution in [0.1, 0.15) is 12.5 Å². The molecule has 0 aliphatic heterocycles. The second kappa shape index (κ2) is 9.68. The van der Waals surface area contributed by atoms with E-state index in [9.17, 15) is 4.79 Å². The molecule has 0 aliphatic carbocycles. The monoisotopic (exact) mass is 358 g/mol. The van der Waals surface area contributed by atoms with Gasteiger partial charge in [0.05, 0.1) is 33.1 Å². The van der Waals surface area contributed by atoms with Crippen LogP contribution in [0.3, 0.4) is 0 Å². The molecule has 2 aromatic carbocycles. The first-order valence-corrected chi connectivity index (χ1v) is 8.48. The highest BCUT2D eigenvalue weighted by Crippen LogP contribution is 2.28. The van der Waals surface area contributed by atoms with Gasteiger partial charge < -0.3 is 19.5 Å². The summed E-state index contributed by atoms with van der Waals surface area (Å²) in [7, 11) is 5.10. The Morgan fingerprint density at radius 2 is 1.77 bits per heavy atom. The summed E-state index contributed by atoms with van der Waals surface area (Å²) in [5.74, 6) is 1.93. The fraction of sp³-hybridized carbons (Fsp3) is 0.350. The summed E-state index contributed by atoms with van der Waals surface area (Å²) < 4.78 is 16.1. The van der Waals surface area contributed by atoms with E-state index in [2.05, 4.69) is 5.32 Å². The third-order valence-electron chi connectivity index (χ3n) is 3.77. The van der Waals surface area contributed by atoms with Crippen molar-refractivity contribution in [2.24, 2.45) is 0 Å². The lowest BCUT2D eigenvalue weighted by Gasteiger charge is -2.18. The molecule has 0 heterocycles. The fourth-order valence-corrected chi connectivity index (χ4v) is 2.63. The van der Waals surface area contributed by atoms with E-state index in [-0.39, 0.29) is 12.5 Å². The molecule has 140 valence electrons. The molecule has 0 atom stereocenters. The van der Waals surface area contributed by atoms with Gasteiger partial charge in [0.2, 0.25) is 5.91 Å². The SMILES string of the molecule is CCOc1ccccc1NC(=O)CN(C)Cc1ccc(OC)c(OC)c1. The highest BCUT2D eigenvalue weighted by Gasteiger charge is 2.12. The fourth-order valence-electron chi connectivity index (χ4n) is 2.63. The van der Waals surface area contributed by atoms with E-state index in [0.717, 1.165) is 5.56 Å². The molecule has 2 rings (SSSR count). The quantitative estimate of drug-likeness (QED) is 0.746. The molecule has 0 radical (unpaired) electrons. The second-order valence-corrected chi connectivity index (χ2v) is 5.84. The molecular formula is C20H26N2O4. The molecule has 0 bridgehead atoms. The maximum absolute atomic E-state index is 12.3. The smallest absolute Gasteiger partial charge is 0.238 e. The summed E-state index contributed by atoms with van der Waals surface area (Å²) in [6.45, 7) is 3.33. The van der Waals surface area contributed by atoms with Crippen molar-refractivity contribution in [3.8, 4) is 17.2 Å². The van der Waals surface area contributed by atoms with Crippen molar-refractivity contribution in [1.82, 2.24) is 4.90 Å². The number of rotatable bonds is 9. The zero-order valence-corrected chi connectivity index (χ0v) is 15.7. The minimum Gasteiger partial charge on any atom is -0.493 e. The van der Waals surface area contributed by atoms with E-state index in [1.54, 1.807) is 14.2 Å². The second-order valence-electron chi connectivity index (χ2n) is 5.84. The van der Waals surface area contributed by atoms with Gasteiger partial charge in [0.1, 0.15) is 5.75 Å². The van der Waals surface area contributed by atoms with Gasteiger partial charge in [-0.15, -0.1) is 0 Å². The van der Waals surface area contributed by atoms with Crippen molar-refractivity contribution in [2.75, 3.05) is 39.7 Å². The number of carbonyl (C=O) groups is 1. The molecule has 0 fully saturated rings. The van der Waals surface area contributed by atoms with E-state index in [0.29, 0.717) is 36.1 Å². The van der Waals surface area contributed by atoms with Crippen LogP contribution in [-0.2, 0) is 11.3 Å². The highest BCUT2D eigenvalue weighted by molar-refractivity contribution is 5.93. The Morgan fingerprint density at radius 3 is 2.46 bits per heavy atom. The number of hydrogen-bond acceptors (Lipinski definition) is 5. The van der Waals surface area contributed by atoms with Gasteiger partial charge in [-0.25, -0.2) is 0 Å². The standard InChI is InChI=1S/C20H26N2O4/c1-5-26-17-9-7-6-8-16(17)21-20(23)14-22(2)13-15-10-11-18(24-3)19(12-15)25-4/h6-12H,5,13-14H2,1-4H3,(H,21,23). The maximum Gasteiger partial charge on any atom is 0.238 e. The molecule has 0 unspecified atom stereocenters. The number of ether oxygens (including phenoxy) is 3. The van der Waals surface area contributed by atoms with Crippen molar-refractivity contribution < 1.29 is 19.0 Å². The van der Waals surface area contributed by atoms with Gasteiger partial charge in [-0.1, -0.05) is 18.2 Å². The number of nitrogens with one attached hydrogen (secondary N) is 1. The van der Waals surface area contributed by atoms with Gasteiger partial charge in [0.25, 0.3) is 0 Å². The van der Waals surface area contributed by atoms with Crippen LogP contribution in [0.2, 0.25) is 0 Å². The number of anilines is 1. The van der Waals surface area contributed by atoms with Crippen LogP contribution >= 0.6 is 0 Å². The first-order valence-electron chi connectivity index (χ1n) is 8.48. The van der Waals surface area contributed by atoms with Gasteiger partial charge in [-0.2, -0.15) is 0 Å². The maximum atomic E-state index is 12.3. The molecule has 0 saturated heterocycles. The number of amides is 1. The normalized spacial score (nSPS) is 10.5. The van der Waals surface area contributed by atoms with Gasteiger partial charge in [-0.3, -0.25) is 9.69 Å². The zero-order valence-electron chi connectivity index (χ0n) is 15.7. The van der Waals surface area contributed by atoms with Crippen LogP contribution < -0.4 is 19.5 Å². The Hall–Kier alpha value is -2.73. The van der Waals surface area contributed by atoms with E-state index in [1.807, 2.05) is 61.3 Å². The van der Waals surface area contributed by atoms with Gasteiger partial charge in [-0.05, 0) is 43.8 Å². The van der Waals surface area contributed by atoms with Crippen LogP contribution in [-0.4, -0.2) is 45.2 Å². The van der Waals surface area contributed by atoms with Crippen molar-refractivity contribution >= 4 is 11.6 Å². The van der Waals surface area contributed by atoms with Crippen molar-refractivity contribution in [1.29, 1.82) is 0 Å². The number of carbonyl (C=O) groups excluding carboxylic acids is 1. The molecule has 6 heteroatoms. The molecule has 0 aliphatic rings. The molecule has 0 saturated carbocycles. The molecule has 2 aromatic rings. The lowest BCUT2D eigenvalue weighted by atomic mass is 10.2. The van der Waals surface area contributed by atoms with E-state index in [1.165, 1.54) is 0 Å². The first kappa shape index (κ1) is 19.6. The number of methoxy groups -OCH3 is 2. The van der Waals surface area contributed by atoms with E-state index < -0.39 is 0 Å². The molecule has 0 aromatic heterocycles. The average Bonchev–Trinajstić information content (AvgIpc) is 2.63. The van der Waals surface area contributed by atoms with Crippen LogP contribution in [0.15, 0.2) is 42.5 Å². The summed E-state index contributed by atoms with van der Waals surface area (Å²) in [6.07, 6.45) is 0. The van der Waals surface area contributed by atoms with Crippen LogP contribution in [0.4, 0.5) is 5.69 Å². The van der Waals surface area contributed by atoms with Crippen molar-refractivity contribution in [2.45, 2.75) is 13.5 Å². The van der Waals surface area contributed by atoms with Crippen LogP contribution in [0.25, 0.3) is 0 Å². The van der Waals surface area contributed by atoms with E-state index >= 15 is 0 Å². The Balaban J connectivity index is 1.95. The predicted octanol–water partition coefficient (Wildman–Crippen LogP) is 3.17. The largest absolute Gasteiger partial charge is 0.493 e. The number of hydrogen-bond donors (Lipinski definition) is 1. The highest BCUT2D eigenvalue weighted by atomic mass is 16.5. The zero-order chi connectivity index (χ0) is 18.9. The first-order chi connectivity index (χ1) is 12.6. The Labute approximate surface area is 154 Å². The summed E-state index contributed by atoms with van der Waals surface area (Å²) in [4.78, 5) is 14.3. The van der Waals surface area contributed by atoms with Crippen molar-refractivity contribution in [3.63, 3.8) is 0 Å². The minimum atomic E-state index is -0.0971. The number of para-hydroxylation sites is 2. The number of benzene rings is 2. The minimum absolute atomic E-state index is 0.0971. The molecule has 1 amide bonds.